The molecule has 122 valence electrons. The molecule has 3 rings (SSSR count). The molecule has 0 saturated carbocycles. The molecule has 0 aliphatic carbocycles. The minimum Gasteiger partial charge on any atom is -0.379 e. The van der Waals surface area contributed by atoms with Crippen molar-refractivity contribution < 1.29 is 14.3 Å². The van der Waals surface area contributed by atoms with Crippen molar-refractivity contribution in [3.05, 3.63) is 52.0 Å². The van der Waals surface area contributed by atoms with E-state index in [4.69, 9.17) is 9.47 Å². The normalized spacial score (nSPS) is 21.1. The van der Waals surface area contributed by atoms with Crippen LogP contribution in [0, 0.1) is 6.92 Å². The molecule has 1 N–H and O–H groups in total. The molecule has 5 nitrogen and oxygen atoms in total. The first-order valence-corrected chi connectivity index (χ1v) is 8.56. The first-order valence-electron chi connectivity index (χ1n) is 7.68. The van der Waals surface area contributed by atoms with Crippen molar-refractivity contribution in [1.29, 1.82) is 0 Å². The molecule has 2 aromatic rings. The van der Waals surface area contributed by atoms with E-state index in [-0.39, 0.29) is 18.1 Å². The number of amides is 1. The minimum absolute atomic E-state index is 0.0561. The van der Waals surface area contributed by atoms with Gasteiger partial charge in [0.2, 0.25) is 0 Å². The molecule has 0 radical (unpaired) electrons. The lowest BCUT2D eigenvalue weighted by atomic mass is 10.1. The highest BCUT2D eigenvalue weighted by Crippen LogP contribution is 2.18. The van der Waals surface area contributed by atoms with Gasteiger partial charge in [0.25, 0.3) is 5.91 Å². The van der Waals surface area contributed by atoms with E-state index >= 15 is 0 Å². The van der Waals surface area contributed by atoms with Gasteiger partial charge < -0.3 is 14.8 Å². The third kappa shape index (κ3) is 4.16. The summed E-state index contributed by atoms with van der Waals surface area (Å²) in [6.07, 6.45) is 2.46. The van der Waals surface area contributed by atoms with Crippen LogP contribution in [0.1, 0.15) is 27.3 Å². The molecule has 1 saturated heterocycles. The number of pyridine rings is 1. The van der Waals surface area contributed by atoms with Crippen LogP contribution in [0.25, 0.3) is 0 Å². The third-order valence-electron chi connectivity index (χ3n) is 3.85. The molecule has 0 spiro atoms. The fourth-order valence-corrected chi connectivity index (χ4v) is 3.40. The van der Waals surface area contributed by atoms with Crippen LogP contribution in [0.2, 0.25) is 0 Å². The van der Waals surface area contributed by atoms with Crippen molar-refractivity contribution >= 4 is 17.2 Å². The Balaban J connectivity index is 1.60. The van der Waals surface area contributed by atoms with E-state index in [2.05, 4.69) is 10.3 Å². The number of carbonyl (C=O) groups is 1. The van der Waals surface area contributed by atoms with E-state index < -0.39 is 0 Å². The van der Waals surface area contributed by atoms with E-state index in [1.807, 2.05) is 36.6 Å². The Morgan fingerprint density at radius 1 is 1.48 bits per heavy atom. The van der Waals surface area contributed by atoms with Crippen LogP contribution < -0.4 is 5.32 Å². The Kier molecular flexibility index (Phi) is 5.38. The largest absolute Gasteiger partial charge is 0.379 e. The zero-order valence-corrected chi connectivity index (χ0v) is 13.8. The first-order chi connectivity index (χ1) is 11.2. The number of thiophene rings is 1. The van der Waals surface area contributed by atoms with E-state index in [0.717, 1.165) is 22.6 Å². The Bertz CT molecular complexity index is 644. The number of nitrogens with zero attached hydrogens (tertiary/aromatic N) is 1. The first kappa shape index (κ1) is 16.1. The van der Waals surface area contributed by atoms with Crippen LogP contribution in [-0.4, -0.2) is 36.3 Å². The summed E-state index contributed by atoms with van der Waals surface area (Å²) in [5.74, 6) is -0.0561. The van der Waals surface area contributed by atoms with Gasteiger partial charge >= 0.3 is 0 Å². The van der Waals surface area contributed by atoms with Gasteiger partial charge in [-0.25, -0.2) is 0 Å². The van der Waals surface area contributed by atoms with Crippen LogP contribution in [-0.2, 0) is 16.1 Å². The molecule has 2 aromatic heterocycles. The molecule has 1 aliphatic heterocycles. The highest BCUT2D eigenvalue weighted by Gasteiger charge is 2.29. The van der Waals surface area contributed by atoms with E-state index in [1.54, 1.807) is 6.20 Å². The van der Waals surface area contributed by atoms with Crippen molar-refractivity contribution in [1.82, 2.24) is 10.3 Å². The lowest BCUT2D eigenvalue weighted by molar-refractivity contribution is -0.0612. The number of aryl methyl sites for hydroxylation is 1. The second-order valence-corrected chi connectivity index (χ2v) is 6.46. The van der Waals surface area contributed by atoms with Crippen LogP contribution >= 0.6 is 11.3 Å². The smallest absolute Gasteiger partial charge is 0.262 e. The quantitative estimate of drug-likeness (QED) is 0.914. The summed E-state index contributed by atoms with van der Waals surface area (Å²) in [6.45, 7) is 3.51. The summed E-state index contributed by atoms with van der Waals surface area (Å²) in [5, 5.41) is 4.98. The van der Waals surface area contributed by atoms with Gasteiger partial charge in [-0.2, -0.15) is 0 Å². The number of nitrogens with one attached hydrogen (secondary N) is 1. The summed E-state index contributed by atoms with van der Waals surface area (Å²) in [4.78, 5) is 17.4. The number of ether oxygens (including phenoxy) is 2. The molecular formula is C17H20N2O3S. The maximum absolute atomic E-state index is 12.4. The maximum Gasteiger partial charge on any atom is 0.262 e. The van der Waals surface area contributed by atoms with Crippen molar-refractivity contribution in [2.24, 2.45) is 0 Å². The molecule has 1 aliphatic rings. The van der Waals surface area contributed by atoms with Crippen LogP contribution in [0.3, 0.4) is 0 Å². The fraction of sp³-hybridized carbons (Fsp3) is 0.412. The van der Waals surface area contributed by atoms with Crippen molar-refractivity contribution in [3.63, 3.8) is 0 Å². The standard InChI is InChI=1S/C17H20N2O3S/c1-12-6-9-23-16(12)17(20)19-14-11-21-8-5-15(14)22-10-13-4-2-3-7-18-13/h2-4,6-7,9,14-15H,5,8,10-11H2,1H3,(H,19,20)/t14-,15-/m1/s1. The average Bonchev–Trinajstić information content (AvgIpc) is 3.01. The SMILES string of the molecule is Cc1ccsc1C(=O)N[C@@H]1COCC[C@H]1OCc1ccccn1. The van der Waals surface area contributed by atoms with Crippen molar-refractivity contribution in [3.8, 4) is 0 Å². The lowest BCUT2D eigenvalue weighted by Gasteiger charge is -2.32. The number of carbonyl (C=O) groups excluding carboxylic acids is 1. The molecule has 0 aromatic carbocycles. The molecule has 3 heterocycles. The fourth-order valence-electron chi connectivity index (χ4n) is 2.57. The zero-order valence-electron chi connectivity index (χ0n) is 13.0. The lowest BCUT2D eigenvalue weighted by Crippen LogP contribution is -2.50. The summed E-state index contributed by atoms with van der Waals surface area (Å²) < 4.78 is 11.5. The number of aromatic nitrogens is 1. The van der Waals surface area contributed by atoms with Gasteiger partial charge in [-0.3, -0.25) is 9.78 Å². The monoisotopic (exact) mass is 332 g/mol. The van der Waals surface area contributed by atoms with Gasteiger partial charge in [-0.05, 0) is 42.5 Å². The average molecular weight is 332 g/mol. The molecule has 1 amide bonds. The van der Waals surface area contributed by atoms with Crippen LogP contribution in [0.15, 0.2) is 35.8 Å². The summed E-state index contributed by atoms with van der Waals surface area (Å²) in [5.41, 5.74) is 1.88. The maximum atomic E-state index is 12.4. The molecule has 1 fully saturated rings. The minimum atomic E-state index is -0.138. The van der Waals surface area contributed by atoms with Gasteiger partial charge in [0.1, 0.15) is 0 Å². The zero-order chi connectivity index (χ0) is 16.1. The summed E-state index contributed by atoms with van der Waals surface area (Å²) in [6, 6.07) is 7.56. The van der Waals surface area contributed by atoms with Crippen molar-refractivity contribution in [2.75, 3.05) is 13.2 Å². The second kappa shape index (κ2) is 7.68. The second-order valence-electron chi connectivity index (χ2n) is 5.55. The number of hydrogen-bond donors (Lipinski definition) is 1. The molecule has 23 heavy (non-hydrogen) atoms. The molecular weight excluding hydrogens is 312 g/mol. The molecule has 0 unspecified atom stereocenters. The van der Waals surface area contributed by atoms with Gasteiger partial charge in [-0.15, -0.1) is 11.3 Å². The molecule has 2 atom stereocenters. The van der Waals surface area contributed by atoms with Gasteiger partial charge in [0.15, 0.2) is 0 Å². The topological polar surface area (TPSA) is 60.5 Å². The van der Waals surface area contributed by atoms with Gasteiger partial charge in [0.05, 0.1) is 35.9 Å². The van der Waals surface area contributed by atoms with Gasteiger partial charge in [0, 0.05) is 12.8 Å². The molecule has 6 heteroatoms. The van der Waals surface area contributed by atoms with E-state index in [0.29, 0.717) is 19.8 Å². The predicted molar refractivity (Wildman–Crippen MR) is 88.6 cm³/mol. The van der Waals surface area contributed by atoms with E-state index in [9.17, 15) is 4.79 Å². The van der Waals surface area contributed by atoms with E-state index in [1.165, 1.54) is 11.3 Å². The predicted octanol–water partition coefficient (Wildman–Crippen LogP) is 2.56. The van der Waals surface area contributed by atoms with Crippen molar-refractivity contribution in [2.45, 2.75) is 32.1 Å². The molecule has 0 bridgehead atoms. The highest BCUT2D eigenvalue weighted by atomic mass is 32.1. The van der Waals surface area contributed by atoms with Gasteiger partial charge in [-0.1, -0.05) is 6.07 Å². The summed E-state index contributed by atoms with van der Waals surface area (Å²) in [7, 11) is 0. The van der Waals surface area contributed by atoms with Crippen LogP contribution in [0.4, 0.5) is 0 Å². The number of rotatable bonds is 5. The van der Waals surface area contributed by atoms with Crippen LogP contribution in [0.5, 0.6) is 0 Å². The Hall–Kier alpha value is -1.76. The summed E-state index contributed by atoms with van der Waals surface area (Å²) >= 11 is 1.45. The third-order valence-corrected chi connectivity index (χ3v) is 4.86. The Morgan fingerprint density at radius 2 is 2.39 bits per heavy atom. The Labute approximate surface area is 139 Å². The highest BCUT2D eigenvalue weighted by molar-refractivity contribution is 7.12. The number of hydrogen-bond acceptors (Lipinski definition) is 5. The Morgan fingerprint density at radius 3 is 3.13 bits per heavy atom.